The summed E-state index contributed by atoms with van der Waals surface area (Å²) in [6, 6.07) is 7.24. The third-order valence-electron chi connectivity index (χ3n) is 1.89. The monoisotopic (exact) mass is 217 g/mol. The van der Waals surface area contributed by atoms with Crippen molar-refractivity contribution in [1.82, 2.24) is 14.8 Å². The van der Waals surface area contributed by atoms with Crippen LogP contribution in [0.2, 0.25) is 0 Å². The van der Waals surface area contributed by atoms with Crippen molar-refractivity contribution in [3.63, 3.8) is 0 Å². The van der Waals surface area contributed by atoms with E-state index in [1.54, 1.807) is 18.2 Å². The normalized spacial score (nSPS) is 10.0. The fraction of sp³-hybridized carbons (Fsp3) is 0. The Hall–Kier alpha value is -2.50. The van der Waals surface area contributed by atoms with Crippen LogP contribution in [0, 0.1) is 0 Å². The van der Waals surface area contributed by atoms with Gasteiger partial charge in [-0.15, -0.1) is 0 Å². The van der Waals surface area contributed by atoms with Crippen molar-refractivity contribution in [2.24, 2.45) is 0 Å². The molecule has 2 heterocycles. The summed E-state index contributed by atoms with van der Waals surface area (Å²) in [7, 11) is 0. The summed E-state index contributed by atoms with van der Waals surface area (Å²) in [6.07, 6.45) is 1.50. The fourth-order valence-corrected chi connectivity index (χ4v) is 1.17. The summed E-state index contributed by atoms with van der Waals surface area (Å²) < 4.78 is 0.948. The number of rotatable bonds is 2. The molecule has 0 unspecified atom stereocenters. The third kappa shape index (κ3) is 1.81. The minimum absolute atomic E-state index is 0.203. The van der Waals surface area contributed by atoms with Crippen LogP contribution in [0.25, 0.3) is 5.82 Å². The molecule has 0 spiro atoms. The number of carbonyl (C=O) groups is 1. The van der Waals surface area contributed by atoms with E-state index in [4.69, 9.17) is 5.11 Å². The van der Waals surface area contributed by atoms with Crippen LogP contribution in [0.5, 0.6) is 0 Å². The van der Waals surface area contributed by atoms with Crippen LogP contribution in [0.4, 0.5) is 0 Å². The minimum atomic E-state index is -1.19. The highest BCUT2D eigenvalue weighted by Gasteiger charge is 2.08. The highest BCUT2D eigenvalue weighted by Crippen LogP contribution is 1.98. The Morgan fingerprint density at radius 3 is 2.69 bits per heavy atom. The average molecular weight is 217 g/mol. The standard InChI is InChI=1S/C10H7N3O3/c14-9-5-4-7(10(15)16)12-13(9)8-3-1-2-6-11-8/h1-6H,(H,15,16). The van der Waals surface area contributed by atoms with Crippen molar-refractivity contribution in [2.75, 3.05) is 0 Å². The molecule has 6 nitrogen and oxygen atoms in total. The van der Waals surface area contributed by atoms with Crippen LogP contribution in [0.15, 0.2) is 41.3 Å². The number of hydrogen-bond donors (Lipinski definition) is 1. The van der Waals surface area contributed by atoms with Crippen LogP contribution in [-0.4, -0.2) is 25.8 Å². The molecule has 0 aliphatic rings. The Balaban J connectivity index is 2.61. The van der Waals surface area contributed by atoms with Gasteiger partial charge in [0.05, 0.1) is 0 Å². The Morgan fingerprint density at radius 2 is 2.06 bits per heavy atom. The van der Waals surface area contributed by atoms with Gasteiger partial charge in [0.15, 0.2) is 11.5 Å². The van der Waals surface area contributed by atoms with E-state index in [2.05, 4.69) is 10.1 Å². The van der Waals surface area contributed by atoms with Crippen LogP contribution < -0.4 is 5.56 Å². The lowest BCUT2D eigenvalue weighted by atomic mass is 10.4. The molecule has 0 atom stereocenters. The zero-order chi connectivity index (χ0) is 11.5. The lowest BCUT2D eigenvalue weighted by molar-refractivity contribution is 0.0688. The summed E-state index contributed by atoms with van der Waals surface area (Å²) in [5.41, 5.74) is -0.631. The smallest absolute Gasteiger partial charge is 0.356 e. The summed E-state index contributed by atoms with van der Waals surface area (Å²) >= 11 is 0. The first kappa shape index (κ1) is 10.0. The van der Waals surface area contributed by atoms with Gasteiger partial charge in [-0.3, -0.25) is 4.79 Å². The van der Waals surface area contributed by atoms with Crippen molar-refractivity contribution in [3.05, 3.63) is 52.6 Å². The molecule has 0 fully saturated rings. The average Bonchev–Trinajstić information content (AvgIpc) is 2.30. The molecular weight excluding hydrogens is 210 g/mol. The van der Waals surface area contributed by atoms with E-state index in [1.807, 2.05) is 0 Å². The van der Waals surface area contributed by atoms with Gasteiger partial charge < -0.3 is 5.11 Å². The largest absolute Gasteiger partial charge is 0.476 e. The molecule has 0 radical (unpaired) electrons. The van der Waals surface area contributed by atoms with Crippen molar-refractivity contribution in [2.45, 2.75) is 0 Å². The zero-order valence-electron chi connectivity index (χ0n) is 8.07. The Bertz CT molecular complexity index is 577. The van der Waals surface area contributed by atoms with Gasteiger partial charge >= 0.3 is 5.97 Å². The number of aromatic carboxylic acids is 1. The number of carboxylic acid groups (broad SMARTS) is 1. The second kappa shape index (κ2) is 3.93. The van der Waals surface area contributed by atoms with Crippen LogP contribution >= 0.6 is 0 Å². The van der Waals surface area contributed by atoms with Crippen molar-refractivity contribution in [3.8, 4) is 5.82 Å². The maximum Gasteiger partial charge on any atom is 0.356 e. The van der Waals surface area contributed by atoms with Crippen LogP contribution in [0.1, 0.15) is 10.5 Å². The number of carboxylic acids is 1. The fourth-order valence-electron chi connectivity index (χ4n) is 1.17. The van der Waals surface area contributed by atoms with E-state index in [0.29, 0.717) is 0 Å². The molecule has 0 bridgehead atoms. The molecule has 0 aliphatic carbocycles. The second-order valence-corrected chi connectivity index (χ2v) is 2.96. The maximum atomic E-state index is 11.5. The lowest BCUT2D eigenvalue weighted by Gasteiger charge is -2.02. The minimum Gasteiger partial charge on any atom is -0.476 e. The maximum absolute atomic E-state index is 11.5. The van der Waals surface area contributed by atoms with E-state index in [9.17, 15) is 9.59 Å². The van der Waals surface area contributed by atoms with Gasteiger partial charge in [-0.25, -0.2) is 9.78 Å². The van der Waals surface area contributed by atoms with Gasteiger partial charge in [0.2, 0.25) is 0 Å². The molecule has 6 heteroatoms. The highest BCUT2D eigenvalue weighted by atomic mass is 16.4. The number of pyridine rings is 1. The van der Waals surface area contributed by atoms with Crippen LogP contribution in [0.3, 0.4) is 0 Å². The van der Waals surface area contributed by atoms with Gasteiger partial charge in [-0.05, 0) is 18.2 Å². The lowest BCUT2D eigenvalue weighted by Crippen LogP contribution is -2.23. The summed E-state index contributed by atoms with van der Waals surface area (Å²) in [5, 5.41) is 12.4. The SMILES string of the molecule is O=C(O)c1ccc(=O)n(-c2ccccn2)n1. The molecule has 80 valence electrons. The molecule has 0 saturated carbocycles. The topological polar surface area (TPSA) is 85.1 Å². The zero-order valence-corrected chi connectivity index (χ0v) is 8.07. The van der Waals surface area contributed by atoms with Gasteiger partial charge in [0.25, 0.3) is 5.56 Å². The first-order valence-electron chi connectivity index (χ1n) is 4.43. The van der Waals surface area contributed by atoms with E-state index in [0.717, 1.165) is 16.8 Å². The first-order chi connectivity index (χ1) is 7.68. The molecule has 0 aliphatic heterocycles. The Kier molecular flexibility index (Phi) is 2.47. The molecule has 2 rings (SSSR count). The third-order valence-corrected chi connectivity index (χ3v) is 1.89. The number of hydrogen-bond acceptors (Lipinski definition) is 4. The van der Waals surface area contributed by atoms with E-state index < -0.39 is 11.5 Å². The molecule has 1 N–H and O–H groups in total. The van der Waals surface area contributed by atoms with Crippen molar-refractivity contribution < 1.29 is 9.90 Å². The molecule has 0 saturated heterocycles. The van der Waals surface area contributed by atoms with Gasteiger partial charge in [0, 0.05) is 12.3 Å². The van der Waals surface area contributed by atoms with E-state index in [-0.39, 0.29) is 11.5 Å². The van der Waals surface area contributed by atoms with Gasteiger partial charge in [-0.1, -0.05) is 6.07 Å². The van der Waals surface area contributed by atoms with Crippen molar-refractivity contribution in [1.29, 1.82) is 0 Å². The van der Waals surface area contributed by atoms with E-state index in [1.165, 1.54) is 6.20 Å². The van der Waals surface area contributed by atoms with Gasteiger partial charge in [0.1, 0.15) is 0 Å². The molecule has 2 aromatic heterocycles. The quantitative estimate of drug-likeness (QED) is 0.783. The summed E-state index contributed by atoms with van der Waals surface area (Å²) in [4.78, 5) is 26.1. The van der Waals surface area contributed by atoms with Crippen molar-refractivity contribution >= 4 is 5.97 Å². The molecular formula is C10H7N3O3. The molecule has 16 heavy (non-hydrogen) atoms. The highest BCUT2D eigenvalue weighted by molar-refractivity contribution is 5.84. The first-order valence-corrected chi connectivity index (χ1v) is 4.43. The summed E-state index contributed by atoms with van der Waals surface area (Å²) in [5.74, 6) is -0.903. The van der Waals surface area contributed by atoms with E-state index >= 15 is 0 Å². The molecule has 0 aromatic carbocycles. The van der Waals surface area contributed by atoms with Crippen LogP contribution in [-0.2, 0) is 0 Å². The Labute approximate surface area is 89.8 Å². The molecule has 0 amide bonds. The molecule has 2 aromatic rings. The number of nitrogens with zero attached hydrogens (tertiary/aromatic N) is 3. The Morgan fingerprint density at radius 1 is 1.25 bits per heavy atom. The summed E-state index contributed by atoms with van der Waals surface area (Å²) in [6.45, 7) is 0. The number of aromatic nitrogens is 3. The predicted molar refractivity (Wildman–Crippen MR) is 54.6 cm³/mol. The predicted octanol–water partition coefficient (Wildman–Crippen LogP) is 0.326. The van der Waals surface area contributed by atoms with Gasteiger partial charge in [-0.2, -0.15) is 9.78 Å². The second-order valence-electron chi connectivity index (χ2n) is 2.96.